The molecule has 0 aromatic rings. The Morgan fingerprint density at radius 2 is 0.954 bits per heavy atom. The number of esters is 1. The van der Waals surface area contributed by atoms with Crippen molar-refractivity contribution in [1.82, 2.24) is 0 Å². The van der Waals surface area contributed by atoms with Gasteiger partial charge in [0.1, 0.15) is 54.9 Å². The Hall–Kier alpha value is -2.83. The van der Waals surface area contributed by atoms with Gasteiger partial charge in [0.25, 0.3) is 0 Å². The van der Waals surface area contributed by atoms with Crippen LogP contribution in [0.2, 0.25) is 0 Å². The van der Waals surface area contributed by atoms with E-state index < -0.39 is 86.7 Å². The highest BCUT2D eigenvalue weighted by Crippen LogP contribution is 2.26. The molecule has 2 aliphatic heterocycles. The quantitative estimate of drug-likeness (QED) is 0.0203. The summed E-state index contributed by atoms with van der Waals surface area (Å²) in [5.74, 6) is -0.417. The van der Waals surface area contributed by atoms with Gasteiger partial charge in [0.15, 0.2) is 12.6 Å². The van der Waals surface area contributed by atoms with Crippen LogP contribution in [0, 0.1) is 0 Å². The Kier molecular flexibility index (Phi) is 34.2. The highest BCUT2D eigenvalue weighted by molar-refractivity contribution is 5.69. The van der Waals surface area contributed by atoms with Crippen molar-refractivity contribution in [2.24, 2.45) is 0 Å². The predicted molar refractivity (Wildman–Crippen MR) is 251 cm³/mol. The van der Waals surface area contributed by atoms with Gasteiger partial charge in [-0.1, -0.05) is 125 Å². The standard InChI is InChI=1S/C51H84O14/c1-3-5-7-9-11-13-15-17-18-19-20-21-23-25-27-29-31-33-35-60-37-40(63-43(53)34-32-30-28-26-24-22-16-14-12-10-8-6-4-2)38-61-50-49(59)47(57)45(55)42(65-50)39-62-51-48(58)46(56)44(54)41(36-52)64-51/h5-8,11-14,17-18,20-22,24,40-42,44-52,54-59H,3-4,9-10,15-16,19,23,25-39H2,1-2H3/b7-5-,8-6-,13-11-,14-12-,18-17-,21-20-,24-22-. The SMILES string of the molecule is CC/C=C\C/C=C\C/C=C\C/C=C\CCCCCCCOCC(COC1OC(COC2OC(CO)C(O)C(O)C2O)C(O)C(O)C1O)OC(=O)CCCCC/C=C\C/C=C\C/C=C\CC. The molecular formula is C51H84O14. The number of hydrogen-bond acceptors (Lipinski definition) is 14. The maximum atomic E-state index is 13.0. The molecule has 0 aliphatic carbocycles. The Bertz CT molecular complexity index is 1390. The fraction of sp³-hybridized carbons (Fsp3) is 0.706. The van der Waals surface area contributed by atoms with Crippen molar-refractivity contribution in [3.8, 4) is 0 Å². The van der Waals surface area contributed by atoms with Crippen molar-refractivity contribution in [2.45, 2.75) is 197 Å². The van der Waals surface area contributed by atoms with Crippen LogP contribution < -0.4 is 0 Å². The van der Waals surface area contributed by atoms with E-state index in [1.807, 2.05) is 0 Å². The molecule has 7 N–H and O–H groups in total. The number of allylic oxidation sites excluding steroid dienone is 14. The molecule has 0 aromatic carbocycles. The molecule has 2 rings (SSSR count). The molecule has 65 heavy (non-hydrogen) atoms. The normalized spacial score (nSPS) is 27.3. The minimum atomic E-state index is -1.72. The van der Waals surface area contributed by atoms with Crippen molar-refractivity contribution in [3.63, 3.8) is 0 Å². The summed E-state index contributed by atoms with van der Waals surface area (Å²) in [6, 6.07) is 0. The topological polar surface area (TPSA) is 214 Å². The van der Waals surface area contributed by atoms with E-state index in [4.69, 9.17) is 28.4 Å². The molecule has 11 unspecified atom stereocenters. The van der Waals surface area contributed by atoms with E-state index in [9.17, 15) is 40.5 Å². The first-order chi connectivity index (χ1) is 31.6. The largest absolute Gasteiger partial charge is 0.457 e. The highest BCUT2D eigenvalue weighted by Gasteiger charge is 2.47. The van der Waals surface area contributed by atoms with Crippen molar-refractivity contribution in [2.75, 3.05) is 33.0 Å². The summed E-state index contributed by atoms with van der Waals surface area (Å²) in [6.45, 7) is 3.33. The minimum Gasteiger partial charge on any atom is -0.457 e. The average molecular weight is 921 g/mol. The number of aliphatic hydroxyl groups is 7. The zero-order valence-electron chi connectivity index (χ0n) is 39.2. The molecule has 372 valence electrons. The summed E-state index contributed by atoms with van der Waals surface area (Å²) in [6.07, 6.45) is 30.8. The second kappa shape index (κ2) is 38.2. The summed E-state index contributed by atoms with van der Waals surface area (Å²) in [5.41, 5.74) is 0. The third-order valence-corrected chi connectivity index (χ3v) is 10.9. The molecule has 2 fully saturated rings. The maximum absolute atomic E-state index is 13.0. The number of unbranched alkanes of at least 4 members (excludes halogenated alkanes) is 8. The zero-order valence-corrected chi connectivity index (χ0v) is 39.2. The van der Waals surface area contributed by atoms with E-state index in [0.29, 0.717) is 13.0 Å². The predicted octanol–water partition coefficient (Wildman–Crippen LogP) is 6.51. The summed E-state index contributed by atoms with van der Waals surface area (Å²) < 4.78 is 34.1. The summed E-state index contributed by atoms with van der Waals surface area (Å²) in [7, 11) is 0. The number of rotatable bonds is 36. The molecule has 0 radical (unpaired) electrons. The first-order valence-corrected chi connectivity index (χ1v) is 24.2. The van der Waals surface area contributed by atoms with Crippen LogP contribution in [-0.2, 0) is 33.2 Å². The monoisotopic (exact) mass is 921 g/mol. The van der Waals surface area contributed by atoms with Gasteiger partial charge in [0.2, 0.25) is 0 Å². The summed E-state index contributed by atoms with van der Waals surface area (Å²) in [5, 5.41) is 72.0. The molecule has 2 saturated heterocycles. The van der Waals surface area contributed by atoms with Crippen LogP contribution in [0.5, 0.6) is 0 Å². The molecule has 14 nitrogen and oxygen atoms in total. The lowest BCUT2D eigenvalue weighted by Gasteiger charge is -2.42. The second-order valence-electron chi connectivity index (χ2n) is 16.5. The van der Waals surface area contributed by atoms with Crippen LogP contribution in [0.1, 0.15) is 129 Å². The summed E-state index contributed by atoms with van der Waals surface area (Å²) >= 11 is 0. The molecule has 0 amide bonds. The van der Waals surface area contributed by atoms with Gasteiger partial charge in [0, 0.05) is 13.0 Å². The fourth-order valence-electron chi connectivity index (χ4n) is 6.99. The van der Waals surface area contributed by atoms with E-state index in [-0.39, 0.29) is 19.6 Å². The maximum Gasteiger partial charge on any atom is 0.306 e. The lowest BCUT2D eigenvalue weighted by Crippen LogP contribution is -2.61. The lowest BCUT2D eigenvalue weighted by atomic mass is 9.98. The minimum absolute atomic E-state index is 0.0311. The van der Waals surface area contributed by atoms with Crippen molar-refractivity contribution in [3.05, 3.63) is 85.1 Å². The average Bonchev–Trinajstić information content (AvgIpc) is 3.30. The van der Waals surface area contributed by atoms with Gasteiger partial charge in [-0.3, -0.25) is 4.79 Å². The van der Waals surface area contributed by atoms with E-state index in [0.717, 1.165) is 103 Å². The van der Waals surface area contributed by atoms with Gasteiger partial charge in [-0.25, -0.2) is 0 Å². The Balaban J connectivity index is 1.81. The molecule has 2 heterocycles. The third-order valence-electron chi connectivity index (χ3n) is 10.9. The fourth-order valence-corrected chi connectivity index (χ4v) is 6.99. The van der Waals surface area contributed by atoms with Gasteiger partial charge in [-0.15, -0.1) is 0 Å². The zero-order chi connectivity index (χ0) is 47.3. The second-order valence-corrected chi connectivity index (χ2v) is 16.5. The van der Waals surface area contributed by atoms with Crippen LogP contribution in [-0.4, -0.2) is 142 Å². The van der Waals surface area contributed by atoms with E-state index in [1.54, 1.807) is 0 Å². The smallest absolute Gasteiger partial charge is 0.306 e. The number of ether oxygens (including phenoxy) is 6. The Morgan fingerprint density at radius 3 is 1.49 bits per heavy atom. The van der Waals surface area contributed by atoms with E-state index in [1.165, 1.54) is 0 Å². The lowest BCUT2D eigenvalue weighted by molar-refractivity contribution is -0.332. The number of carbonyl (C=O) groups excluding carboxylic acids is 1. The van der Waals surface area contributed by atoms with E-state index in [2.05, 4.69) is 98.9 Å². The molecule has 11 atom stereocenters. The first kappa shape index (κ1) is 58.3. The number of carbonyl (C=O) groups is 1. The molecule has 2 aliphatic rings. The highest BCUT2D eigenvalue weighted by atomic mass is 16.7. The molecule has 0 spiro atoms. The van der Waals surface area contributed by atoms with Crippen molar-refractivity contribution in [1.29, 1.82) is 0 Å². The van der Waals surface area contributed by atoms with Crippen LogP contribution >= 0.6 is 0 Å². The van der Waals surface area contributed by atoms with Crippen LogP contribution in [0.25, 0.3) is 0 Å². The van der Waals surface area contributed by atoms with Crippen molar-refractivity contribution >= 4 is 5.97 Å². The Labute approximate surface area is 389 Å². The van der Waals surface area contributed by atoms with Crippen LogP contribution in [0.3, 0.4) is 0 Å². The summed E-state index contributed by atoms with van der Waals surface area (Å²) in [4.78, 5) is 13.0. The molecule has 0 aromatic heterocycles. The van der Waals surface area contributed by atoms with Gasteiger partial charge < -0.3 is 64.2 Å². The number of aliphatic hydroxyl groups excluding tert-OH is 7. The number of hydrogen-bond donors (Lipinski definition) is 7. The van der Waals surface area contributed by atoms with Crippen molar-refractivity contribution < 1.29 is 69.0 Å². The van der Waals surface area contributed by atoms with Gasteiger partial charge in [0.05, 0.1) is 26.4 Å². The van der Waals surface area contributed by atoms with Crippen LogP contribution in [0.4, 0.5) is 0 Å². The van der Waals surface area contributed by atoms with Gasteiger partial charge >= 0.3 is 5.97 Å². The van der Waals surface area contributed by atoms with E-state index >= 15 is 0 Å². The van der Waals surface area contributed by atoms with Crippen LogP contribution in [0.15, 0.2) is 85.1 Å². The Morgan fingerprint density at radius 1 is 0.508 bits per heavy atom. The molecule has 14 heteroatoms. The molecular weight excluding hydrogens is 837 g/mol. The molecule has 0 bridgehead atoms. The first-order valence-electron chi connectivity index (χ1n) is 24.2. The van der Waals surface area contributed by atoms with Gasteiger partial charge in [-0.2, -0.15) is 0 Å². The van der Waals surface area contributed by atoms with Gasteiger partial charge in [-0.05, 0) is 83.5 Å². The molecule has 0 saturated carbocycles. The third kappa shape index (κ3) is 26.3.